The Kier molecular flexibility index (Phi) is 18.2. The maximum atomic E-state index is 14.1. The number of carbonyl (C=O) groups excluding carboxylic acids is 4. The van der Waals surface area contributed by atoms with Crippen LogP contribution < -0.4 is 10.6 Å². The maximum absolute atomic E-state index is 14.1. The van der Waals surface area contributed by atoms with Gasteiger partial charge in [0, 0.05) is 27.8 Å². The number of hydrogen-bond acceptors (Lipinski definition) is 9. The van der Waals surface area contributed by atoms with Gasteiger partial charge in [-0.2, -0.15) is 0 Å². The molecule has 1 aliphatic rings. The molecular weight excluding hydrogens is 666 g/mol. The second-order valence-electron chi connectivity index (χ2n) is 15.1. The first kappa shape index (κ1) is 45.1. The van der Waals surface area contributed by atoms with Gasteiger partial charge in [-0.25, -0.2) is 0 Å². The van der Waals surface area contributed by atoms with E-state index in [2.05, 4.69) is 10.6 Å². The number of carbonyl (C=O) groups is 4. The van der Waals surface area contributed by atoms with Gasteiger partial charge in [0.05, 0.1) is 60.9 Å². The fraction of sp³-hybridized carbons (Fsp3) is 0.744. The zero-order chi connectivity index (χ0) is 39.4. The minimum absolute atomic E-state index is 0.0291. The number of rotatable bonds is 20. The standard InChI is InChI=1S/C39H67N5O8/c1-13-24(4)34(43(10)39(50)32(27(7)45)41-38(49)33(23(2)3)42(8)9)30(51-11)22-31(46)44-21-17-20-29(44)36(52-12)25(5)37(48)40-26(6)35(47)28-18-15-14-16-19-28/h14-16,18-19,23-27,29-30,32-36,45,47H,13,17,20-22H2,1-12H3,(H,40,48)(H,41,49)/t24?,25?,26?,27?,29-,30?,32?,33?,34?,35?,36?/m0/s1. The van der Waals surface area contributed by atoms with Gasteiger partial charge >= 0.3 is 0 Å². The smallest absolute Gasteiger partial charge is 0.247 e. The van der Waals surface area contributed by atoms with E-state index in [9.17, 15) is 29.4 Å². The normalized spacial score (nSPS) is 20.6. The molecule has 13 nitrogen and oxygen atoms in total. The molecule has 0 bridgehead atoms. The maximum Gasteiger partial charge on any atom is 0.247 e. The highest BCUT2D eigenvalue weighted by Gasteiger charge is 2.43. The van der Waals surface area contributed by atoms with Crippen molar-refractivity contribution in [2.45, 2.75) is 129 Å². The average molecular weight is 734 g/mol. The highest BCUT2D eigenvalue weighted by atomic mass is 16.5. The van der Waals surface area contributed by atoms with Gasteiger partial charge in [-0.3, -0.25) is 24.1 Å². The Morgan fingerprint density at radius 3 is 2.04 bits per heavy atom. The number of nitrogens with zero attached hydrogens (tertiary/aromatic N) is 3. The van der Waals surface area contributed by atoms with Crippen molar-refractivity contribution in [1.82, 2.24) is 25.3 Å². The Bertz CT molecular complexity index is 1270. The Labute approximate surface area is 311 Å². The summed E-state index contributed by atoms with van der Waals surface area (Å²) in [6.07, 6.45) is -1.33. The van der Waals surface area contributed by atoms with E-state index in [-0.39, 0.29) is 42.0 Å². The summed E-state index contributed by atoms with van der Waals surface area (Å²) >= 11 is 0. The van der Waals surface area contributed by atoms with Gasteiger partial charge in [0.15, 0.2) is 0 Å². The zero-order valence-corrected chi connectivity index (χ0v) is 33.5. The van der Waals surface area contributed by atoms with Gasteiger partial charge in [0.2, 0.25) is 23.6 Å². The first-order valence-corrected chi connectivity index (χ1v) is 18.7. The summed E-state index contributed by atoms with van der Waals surface area (Å²) < 4.78 is 11.8. The predicted octanol–water partition coefficient (Wildman–Crippen LogP) is 2.60. The van der Waals surface area contributed by atoms with Crippen molar-refractivity contribution in [3.05, 3.63) is 35.9 Å². The van der Waals surface area contributed by atoms with Crippen LogP contribution in [0.4, 0.5) is 0 Å². The third-order valence-corrected chi connectivity index (χ3v) is 10.7. The third-order valence-electron chi connectivity index (χ3n) is 10.7. The monoisotopic (exact) mass is 733 g/mol. The van der Waals surface area contributed by atoms with Crippen molar-refractivity contribution in [2.75, 3.05) is 41.9 Å². The van der Waals surface area contributed by atoms with Gasteiger partial charge in [0.1, 0.15) is 6.04 Å². The van der Waals surface area contributed by atoms with Crippen molar-refractivity contribution in [1.29, 1.82) is 0 Å². The highest BCUT2D eigenvalue weighted by molar-refractivity contribution is 5.90. The van der Waals surface area contributed by atoms with Crippen molar-refractivity contribution in [3.8, 4) is 0 Å². The molecule has 1 saturated heterocycles. The molecule has 296 valence electrons. The van der Waals surface area contributed by atoms with E-state index >= 15 is 0 Å². The molecule has 1 aromatic carbocycles. The fourth-order valence-electron chi connectivity index (χ4n) is 7.66. The topological polar surface area (TPSA) is 161 Å². The summed E-state index contributed by atoms with van der Waals surface area (Å²) in [4.78, 5) is 59.9. The quantitative estimate of drug-likeness (QED) is 0.158. The van der Waals surface area contributed by atoms with Gasteiger partial charge < -0.3 is 40.1 Å². The van der Waals surface area contributed by atoms with Crippen LogP contribution in [0.25, 0.3) is 0 Å². The molecule has 1 heterocycles. The van der Waals surface area contributed by atoms with E-state index in [1.807, 2.05) is 45.9 Å². The van der Waals surface area contributed by atoms with Crippen LogP contribution in [0.5, 0.6) is 0 Å². The summed E-state index contributed by atoms with van der Waals surface area (Å²) in [6.45, 7) is 13.3. The van der Waals surface area contributed by atoms with E-state index in [4.69, 9.17) is 9.47 Å². The number of aliphatic hydroxyl groups is 2. The van der Waals surface area contributed by atoms with E-state index in [1.165, 1.54) is 26.0 Å². The van der Waals surface area contributed by atoms with Crippen LogP contribution in [-0.4, -0.2) is 139 Å². The Balaban J connectivity index is 2.25. The fourth-order valence-corrected chi connectivity index (χ4v) is 7.66. The Hall–Kier alpha value is -3.10. The zero-order valence-electron chi connectivity index (χ0n) is 33.5. The molecule has 0 aliphatic carbocycles. The largest absolute Gasteiger partial charge is 0.391 e. The van der Waals surface area contributed by atoms with E-state index in [0.29, 0.717) is 24.9 Å². The van der Waals surface area contributed by atoms with Crippen LogP contribution >= 0.6 is 0 Å². The molecule has 1 aliphatic heterocycles. The number of hydrogen-bond donors (Lipinski definition) is 4. The minimum Gasteiger partial charge on any atom is -0.391 e. The van der Waals surface area contributed by atoms with Gasteiger partial charge in [0.25, 0.3) is 0 Å². The van der Waals surface area contributed by atoms with Crippen LogP contribution in [0.2, 0.25) is 0 Å². The number of nitrogens with one attached hydrogen (secondary N) is 2. The summed E-state index contributed by atoms with van der Waals surface area (Å²) in [5, 5.41) is 27.2. The first-order valence-electron chi connectivity index (χ1n) is 18.7. The van der Waals surface area contributed by atoms with Gasteiger partial charge in [-0.05, 0) is 58.2 Å². The second kappa shape index (κ2) is 21.0. The minimum atomic E-state index is -1.20. The number of ether oxygens (including phenoxy) is 2. The number of amides is 4. The number of likely N-dealkylation sites (tertiary alicyclic amines) is 1. The molecule has 52 heavy (non-hydrogen) atoms. The summed E-state index contributed by atoms with van der Waals surface area (Å²) in [5.41, 5.74) is 0.699. The molecule has 1 aromatic rings. The molecule has 4 N–H and O–H groups in total. The molecule has 4 amide bonds. The molecule has 2 rings (SSSR count). The second-order valence-corrected chi connectivity index (χ2v) is 15.1. The van der Waals surface area contributed by atoms with Gasteiger partial charge in [-0.15, -0.1) is 0 Å². The van der Waals surface area contributed by atoms with Gasteiger partial charge in [-0.1, -0.05) is 71.4 Å². The summed E-state index contributed by atoms with van der Waals surface area (Å²) in [5.74, 6) is -2.06. The lowest BCUT2D eigenvalue weighted by molar-refractivity contribution is -0.149. The molecule has 13 heteroatoms. The van der Waals surface area contributed by atoms with E-state index < -0.39 is 60.4 Å². The molecule has 0 aromatic heterocycles. The van der Waals surface area contributed by atoms with E-state index in [1.54, 1.807) is 56.9 Å². The molecule has 11 atom stereocenters. The van der Waals surface area contributed by atoms with Crippen molar-refractivity contribution in [3.63, 3.8) is 0 Å². The Morgan fingerprint density at radius 1 is 0.923 bits per heavy atom. The van der Waals surface area contributed by atoms with Crippen LogP contribution in [0.3, 0.4) is 0 Å². The first-order chi connectivity index (χ1) is 24.4. The molecule has 1 fully saturated rings. The lowest BCUT2D eigenvalue weighted by Gasteiger charge is -2.41. The predicted molar refractivity (Wildman–Crippen MR) is 201 cm³/mol. The molecular formula is C39H67N5O8. The third kappa shape index (κ3) is 11.4. The van der Waals surface area contributed by atoms with Crippen LogP contribution in [0, 0.1) is 17.8 Å². The molecule has 0 spiro atoms. The van der Waals surface area contributed by atoms with Crippen LogP contribution in [0.15, 0.2) is 30.3 Å². The average Bonchev–Trinajstić information content (AvgIpc) is 3.59. The van der Waals surface area contributed by atoms with Crippen molar-refractivity contribution in [2.24, 2.45) is 17.8 Å². The summed E-state index contributed by atoms with van der Waals surface area (Å²) in [7, 11) is 8.26. The van der Waals surface area contributed by atoms with Crippen molar-refractivity contribution < 1.29 is 38.9 Å². The Morgan fingerprint density at radius 2 is 1.54 bits per heavy atom. The van der Waals surface area contributed by atoms with E-state index in [0.717, 1.165) is 6.42 Å². The molecule has 0 saturated carbocycles. The number of benzene rings is 1. The SMILES string of the molecule is CCC(C)C(C(CC(=O)N1CCC[C@H]1C(OC)C(C)C(=O)NC(C)C(O)c1ccccc1)OC)N(C)C(=O)C(NC(=O)C(C(C)C)N(C)C)C(C)O. The van der Waals surface area contributed by atoms with Crippen LogP contribution in [0.1, 0.15) is 85.8 Å². The lowest BCUT2D eigenvalue weighted by atomic mass is 9.89. The number of methoxy groups -OCH3 is 2. The number of likely N-dealkylation sites (N-methyl/N-ethyl adjacent to an activating group) is 2. The molecule has 10 unspecified atom stereocenters. The highest BCUT2D eigenvalue weighted by Crippen LogP contribution is 2.30. The summed E-state index contributed by atoms with van der Waals surface area (Å²) in [6, 6.07) is 5.96. The molecule has 0 radical (unpaired) electrons. The number of aliphatic hydroxyl groups excluding tert-OH is 2. The van der Waals surface area contributed by atoms with Crippen LogP contribution in [-0.2, 0) is 28.7 Å². The van der Waals surface area contributed by atoms with Crippen molar-refractivity contribution >= 4 is 23.6 Å². The lowest BCUT2D eigenvalue weighted by Crippen LogP contribution is -2.61.